The number of benzene rings is 1. The van der Waals surface area contributed by atoms with Gasteiger partial charge in [0.1, 0.15) is 16.9 Å². The molecule has 26 heavy (non-hydrogen) atoms. The number of Topliss-reactive ketones (excluding diaryl/α,β-unsaturated/α-hetero) is 1. The number of carbonyl (C=O) groups excluding carboxylic acids is 1. The van der Waals surface area contributed by atoms with E-state index in [1.165, 1.54) is 18.6 Å². The van der Waals surface area contributed by atoms with Crippen molar-refractivity contribution in [1.82, 2.24) is 0 Å². The van der Waals surface area contributed by atoms with Crippen LogP contribution >= 0.6 is 0 Å². The lowest BCUT2D eigenvalue weighted by molar-refractivity contribution is -0.139. The van der Waals surface area contributed by atoms with Gasteiger partial charge < -0.3 is 4.42 Å². The molecule has 0 amide bonds. The fourth-order valence-electron chi connectivity index (χ4n) is 4.16. The predicted octanol–water partition coefficient (Wildman–Crippen LogP) is 5.21. The van der Waals surface area contributed by atoms with Crippen LogP contribution in [0.25, 0.3) is 11.0 Å². The molecule has 4 rings (SSSR count). The monoisotopic (exact) mass is 366 g/mol. The van der Waals surface area contributed by atoms with E-state index >= 15 is 0 Å². The number of rotatable bonds is 0. The number of carbonyl (C=O) groups is 1. The first-order valence-corrected chi connectivity index (χ1v) is 8.60. The van der Waals surface area contributed by atoms with Crippen LogP contribution in [-0.4, -0.2) is 5.78 Å². The maximum absolute atomic E-state index is 12.3. The third kappa shape index (κ3) is 2.85. The van der Waals surface area contributed by atoms with E-state index in [0.717, 1.165) is 18.9 Å². The van der Waals surface area contributed by atoms with Crippen molar-refractivity contribution in [3.8, 4) is 0 Å². The Balaban J connectivity index is 0.000000158. The topological polar surface area (TPSA) is 47.3 Å². The van der Waals surface area contributed by atoms with Gasteiger partial charge in [0.15, 0.2) is 0 Å². The van der Waals surface area contributed by atoms with E-state index in [1.54, 1.807) is 12.1 Å². The molecule has 0 saturated heterocycles. The fourth-order valence-corrected chi connectivity index (χ4v) is 4.16. The molecule has 0 N–H and O–H groups in total. The summed E-state index contributed by atoms with van der Waals surface area (Å²) in [5.74, 6) is 1.19. The van der Waals surface area contributed by atoms with Crippen molar-refractivity contribution in [2.45, 2.75) is 46.2 Å². The summed E-state index contributed by atoms with van der Waals surface area (Å²) in [7, 11) is 0. The molecule has 2 bridgehead atoms. The first-order chi connectivity index (χ1) is 12.0. The summed E-state index contributed by atoms with van der Waals surface area (Å²) in [6.45, 7) is 6.67. The first kappa shape index (κ1) is 18.7. The highest BCUT2D eigenvalue weighted by molar-refractivity contribution is 5.89. The van der Waals surface area contributed by atoms with Crippen molar-refractivity contribution in [1.29, 1.82) is 0 Å². The van der Waals surface area contributed by atoms with E-state index in [1.807, 2.05) is 0 Å². The molecule has 2 fully saturated rings. The van der Waals surface area contributed by atoms with Gasteiger partial charge in [-0.3, -0.25) is 4.79 Å². The Morgan fingerprint density at radius 2 is 1.77 bits per heavy atom. The second-order valence-electron chi connectivity index (χ2n) is 7.90. The first-order valence-electron chi connectivity index (χ1n) is 8.60. The van der Waals surface area contributed by atoms with Crippen LogP contribution in [0.2, 0.25) is 0 Å². The highest BCUT2D eigenvalue weighted by Crippen LogP contribution is 2.63. The lowest BCUT2D eigenvalue weighted by Crippen LogP contribution is -2.32. The average Bonchev–Trinajstić information content (AvgIpc) is 2.87. The minimum absolute atomic E-state index is 0.0255. The molecular weight excluding hydrogens is 345 g/mol. The minimum Gasteiger partial charge on any atom is -0.422 e. The lowest BCUT2D eigenvalue weighted by atomic mass is 9.70. The van der Waals surface area contributed by atoms with Crippen molar-refractivity contribution in [3.05, 3.63) is 46.3 Å². The number of fused-ring (bicyclic) bond motifs is 3. The number of halogens is 3. The van der Waals surface area contributed by atoms with Gasteiger partial charge in [-0.1, -0.05) is 39.0 Å². The standard InChI is InChI=1S/C10H5F3O2.C10H16O/c11-10(12,13)7-5-6-3-1-2-4-8(6)15-9(7)14;1-9(2)7-4-5-10(9,3)8(11)6-7/h1-5H;7H,4-6H2,1-3H3. The van der Waals surface area contributed by atoms with Gasteiger partial charge in [0, 0.05) is 17.2 Å². The Labute approximate surface area is 149 Å². The Hall–Kier alpha value is -2.11. The van der Waals surface area contributed by atoms with Gasteiger partial charge in [-0.25, -0.2) is 4.79 Å². The van der Waals surface area contributed by atoms with Crippen molar-refractivity contribution >= 4 is 16.8 Å². The van der Waals surface area contributed by atoms with Crippen LogP contribution in [0.1, 0.15) is 45.6 Å². The van der Waals surface area contributed by atoms with Gasteiger partial charge in [0.2, 0.25) is 0 Å². The van der Waals surface area contributed by atoms with E-state index in [2.05, 4.69) is 25.2 Å². The second-order valence-corrected chi connectivity index (χ2v) is 7.90. The van der Waals surface area contributed by atoms with Gasteiger partial charge in [-0.2, -0.15) is 13.2 Å². The maximum atomic E-state index is 12.3. The SMILES string of the molecule is CC12CCC(CC1=O)C2(C)C.O=c1oc2ccccc2cc1C(F)(F)F. The van der Waals surface area contributed by atoms with Gasteiger partial charge >= 0.3 is 11.8 Å². The van der Waals surface area contributed by atoms with E-state index < -0.39 is 17.4 Å². The molecule has 2 atom stereocenters. The average molecular weight is 366 g/mol. The lowest BCUT2D eigenvalue weighted by Gasteiger charge is -2.32. The van der Waals surface area contributed by atoms with Gasteiger partial charge in [0.25, 0.3) is 0 Å². The number of hydrogen-bond donors (Lipinski definition) is 0. The van der Waals surface area contributed by atoms with E-state index in [9.17, 15) is 22.8 Å². The Bertz CT molecular complexity index is 910. The maximum Gasteiger partial charge on any atom is 0.423 e. The zero-order valence-electron chi connectivity index (χ0n) is 14.9. The summed E-state index contributed by atoms with van der Waals surface area (Å²) in [5.41, 5.74) is -2.18. The third-order valence-corrected chi connectivity index (χ3v) is 6.43. The summed E-state index contributed by atoms with van der Waals surface area (Å²) in [4.78, 5) is 22.6. The van der Waals surface area contributed by atoms with Crippen LogP contribution in [0.3, 0.4) is 0 Å². The van der Waals surface area contributed by atoms with Crippen LogP contribution in [0.4, 0.5) is 13.2 Å². The normalized spacial score (nSPS) is 26.7. The molecule has 2 aromatic rings. The number of hydrogen-bond acceptors (Lipinski definition) is 3. The predicted molar refractivity (Wildman–Crippen MR) is 91.7 cm³/mol. The summed E-state index contributed by atoms with van der Waals surface area (Å²) in [6.07, 6.45) is -1.42. The molecule has 2 unspecified atom stereocenters. The van der Waals surface area contributed by atoms with Crippen molar-refractivity contribution in [2.24, 2.45) is 16.7 Å². The van der Waals surface area contributed by atoms with Gasteiger partial charge in [-0.15, -0.1) is 0 Å². The highest BCUT2D eigenvalue weighted by atomic mass is 19.4. The summed E-state index contributed by atoms with van der Waals surface area (Å²) >= 11 is 0. The summed E-state index contributed by atoms with van der Waals surface area (Å²) < 4.78 is 41.5. The number of ketones is 1. The van der Waals surface area contributed by atoms with E-state index in [4.69, 9.17) is 0 Å². The number of alkyl halides is 3. The molecule has 0 spiro atoms. The highest BCUT2D eigenvalue weighted by Gasteiger charge is 2.61. The Morgan fingerprint density at radius 3 is 2.23 bits per heavy atom. The second kappa shape index (κ2) is 5.96. The Morgan fingerprint density at radius 1 is 1.12 bits per heavy atom. The molecule has 1 aromatic carbocycles. The minimum atomic E-state index is -4.68. The number of para-hydroxylation sites is 1. The summed E-state index contributed by atoms with van der Waals surface area (Å²) in [6, 6.07) is 6.84. The molecule has 1 heterocycles. The van der Waals surface area contributed by atoms with Gasteiger partial charge in [-0.05, 0) is 36.3 Å². The molecule has 2 saturated carbocycles. The molecular formula is C20H21F3O3. The zero-order chi connectivity index (χ0) is 19.3. The van der Waals surface area contributed by atoms with Crippen molar-refractivity contribution in [3.63, 3.8) is 0 Å². The van der Waals surface area contributed by atoms with Crippen molar-refractivity contribution < 1.29 is 22.4 Å². The van der Waals surface area contributed by atoms with Crippen LogP contribution in [0, 0.1) is 16.7 Å². The van der Waals surface area contributed by atoms with E-state index in [0.29, 0.717) is 11.7 Å². The molecule has 1 aromatic heterocycles. The summed E-state index contributed by atoms with van der Waals surface area (Å²) in [5, 5.41) is 0.254. The molecule has 2 aliphatic carbocycles. The van der Waals surface area contributed by atoms with Crippen molar-refractivity contribution in [2.75, 3.05) is 0 Å². The smallest absolute Gasteiger partial charge is 0.422 e. The molecule has 6 heteroatoms. The van der Waals surface area contributed by atoms with Crippen LogP contribution in [0.5, 0.6) is 0 Å². The van der Waals surface area contributed by atoms with Crippen LogP contribution in [0.15, 0.2) is 39.5 Å². The largest absolute Gasteiger partial charge is 0.423 e. The van der Waals surface area contributed by atoms with Crippen LogP contribution < -0.4 is 5.63 Å². The fraction of sp³-hybridized carbons (Fsp3) is 0.500. The van der Waals surface area contributed by atoms with Gasteiger partial charge in [0.05, 0.1) is 0 Å². The molecule has 0 radical (unpaired) electrons. The molecule has 0 aliphatic heterocycles. The van der Waals surface area contributed by atoms with Crippen LogP contribution in [-0.2, 0) is 11.0 Å². The quantitative estimate of drug-likeness (QED) is 0.601. The molecule has 3 nitrogen and oxygen atoms in total. The Kier molecular flexibility index (Phi) is 4.28. The van der Waals surface area contributed by atoms with E-state index in [-0.39, 0.29) is 21.8 Å². The third-order valence-electron chi connectivity index (χ3n) is 6.43. The zero-order valence-corrected chi connectivity index (χ0v) is 14.9. The molecule has 2 aliphatic rings. The molecule has 140 valence electrons.